The highest BCUT2D eigenvalue weighted by molar-refractivity contribution is 5.92. The fraction of sp³-hybridized carbons (Fsp3) is 0.120. The van der Waals surface area contributed by atoms with E-state index in [1.165, 1.54) is 0 Å². The van der Waals surface area contributed by atoms with Crippen molar-refractivity contribution in [3.63, 3.8) is 0 Å². The van der Waals surface area contributed by atoms with Crippen LogP contribution in [-0.4, -0.2) is 46.9 Å². The highest BCUT2D eigenvalue weighted by atomic mass is 16.5. The number of hydrogen-bond donors (Lipinski definition) is 4. The second-order valence-electron chi connectivity index (χ2n) is 13.6. The van der Waals surface area contributed by atoms with Gasteiger partial charge in [0.15, 0.2) is 0 Å². The van der Waals surface area contributed by atoms with Crippen molar-refractivity contribution in [2.24, 2.45) is 0 Å². The Bertz CT molecular complexity index is 2340. The van der Waals surface area contributed by atoms with E-state index in [-0.39, 0.29) is 24.7 Å². The van der Waals surface area contributed by atoms with Crippen molar-refractivity contribution in [3.8, 4) is 45.3 Å². The predicted molar refractivity (Wildman–Crippen MR) is 230 cm³/mol. The number of aromatic hydroxyl groups is 2. The third-order valence-electron chi connectivity index (χ3n) is 9.59. The summed E-state index contributed by atoms with van der Waals surface area (Å²) in [5.41, 5.74) is 11.1. The normalized spacial score (nSPS) is 11.3. The summed E-state index contributed by atoms with van der Waals surface area (Å²) in [4.78, 5) is 2.23. The van der Waals surface area contributed by atoms with Crippen molar-refractivity contribution in [1.82, 2.24) is 0 Å². The topological polar surface area (TPSA) is 103 Å². The fourth-order valence-electron chi connectivity index (χ4n) is 6.55. The molecular formula is C50H45NO6. The number of phenols is 2. The van der Waals surface area contributed by atoms with Crippen molar-refractivity contribution in [2.75, 3.05) is 31.3 Å². The SMILES string of the molecule is OCCCOc1ccc(C(=Cc2ccc(N(c3ccc(-c4ccc(O)cc4)cc3)c3ccc(-c4ccc(OCCCO)cc4)cc3)cc2)c2ccc(O)cc2)cc1. The minimum atomic E-state index is 0.0849. The molecule has 0 spiro atoms. The number of ether oxygens (including phenoxy) is 2. The van der Waals surface area contributed by atoms with E-state index in [4.69, 9.17) is 19.7 Å². The summed E-state index contributed by atoms with van der Waals surface area (Å²) < 4.78 is 11.5. The summed E-state index contributed by atoms with van der Waals surface area (Å²) in [5.74, 6) is 1.96. The Labute approximate surface area is 333 Å². The number of aliphatic hydroxyl groups is 2. The molecule has 0 aliphatic carbocycles. The second kappa shape index (κ2) is 18.7. The molecule has 7 heteroatoms. The first-order chi connectivity index (χ1) is 28.0. The number of nitrogens with zero attached hydrogens (tertiary/aromatic N) is 1. The predicted octanol–water partition coefficient (Wildman–Crippen LogP) is 11.0. The van der Waals surface area contributed by atoms with Crippen molar-refractivity contribution in [1.29, 1.82) is 0 Å². The zero-order valence-electron chi connectivity index (χ0n) is 31.5. The first kappa shape index (κ1) is 38.5. The van der Waals surface area contributed by atoms with Gasteiger partial charge in [-0.25, -0.2) is 0 Å². The van der Waals surface area contributed by atoms with Crippen LogP contribution in [0.5, 0.6) is 23.0 Å². The monoisotopic (exact) mass is 755 g/mol. The van der Waals surface area contributed by atoms with Crippen LogP contribution < -0.4 is 14.4 Å². The maximum Gasteiger partial charge on any atom is 0.119 e. The van der Waals surface area contributed by atoms with Crippen LogP contribution in [0.1, 0.15) is 29.5 Å². The molecule has 0 radical (unpaired) electrons. The van der Waals surface area contributed by atoms with Gasteiger partial charge in [-0.15, -0.1) is 0 Å². The van der Waals surface area contributed by atoms with Crippen LogP contribution in [0.15, 0.2) is 170 Å². The molecule has 0 atom stereocenters. The highest BCUT2D eigenvalue weighted by Crippen LogP contribution is 2.38. The third kappa shape index (κ3) is 9.90. The standard InChI is InChI=1S/C50H45NO6/c52-31-1-33-56-48-27-13-40(14-28-48)38-7-21-45(22-8-38)51(44-19-5-37(6-20-44)39-9-23-46(54)24-10-39)43-17-3-36(4-18-43)35-50(41-11-25-47(55)26-12-41)42-15-29-49(30-16-42)57-34-2-32-53/h3-30,35,52-55H,1-2,31-34H2. The smallest absolute Gasteiger partial charge is 0.119 e. The summed E-state index contributed by atoms with van der Waals surface area (Å²) in [5, 5.41) is 38.0. The average Bonchev–Trinajstić information content (AvgIpc) is 3.25. The Hall–Kier alpha value is -6.80. The minimum Gasteiger partial charge on any atom is -0.508 e. The molecule has 0 unspecified atom stereocenters. The Morgan fingerprint density at radius 1 is 0.421 bits per heavy atom. The molecule has 7 aromatic rings. The van der Waals surface area contributed by atoms with Gasteiger partial charge in [-0.2, -0.15) is 0 Å². The average molecular weight is 756 g/mol. The van der Waals surface area contributed by atoms with Crippen LogP contribution in [0.3, 0.4) is 0 Å². The van der Waals surface area contributed by atoms with Crippen molar-refractivity contribution < 1.29 is 29.9 Å². The van der Waals surface area contributed by atoms with Gasteiger partial charge in [0, 0.05) is 43.1 Å². The van der Waals surface area contributed by atoms with E-state index >= 15 is 0 Å². The number of phenolic OH excluding ortho intramolecular Hbond substituents is 2. The van der Waals surface area contributed by atoms with E-state index in [0.29, 0.717) is 26.1 Å². The lowest BCUT2D eigenvalue weighted by atomic mass is 9.95. The van der Waals surface area contributed by atoms with E-state index in [9.17, 15) is 10.2 Å². The number of aliphatic hydroxyl groups excluding tert-OH is 2. The molecule has 0 saturated carbocycles. The molecule has 4 N–H and O–H groups in total. The summed E-state index contributed by atoms with van der Waals surface area (Å²) in [6, 6.07) is 55.7. The van der Waals surface area contributed by atoms with Gasteiger partial charge in [-0.1, -0.05) is 84.9 Å². The van der Waals surface area contributed by atoms with E-state index < -0.39 is 0 Å². The van der Waals surface area contributed by atoms with Gasteiger partial charge in [-0.3, -0.25) is 0 Å². The van der Waals surface area contributed by atoms with Crippen molar-refractivity contribution >= 4 is 28.7 Å². The van der Waals surface area contributed by atoms with Crippen LogP contribution in [0.4, 0.5) is 17.1 Å². The zero-order valence-corrected chi connectivity index (χ0v) is 31.5. The van der Waals surface area contributed by atoms with Crippen LogP contribution in [0.25, 0.3) is 33.9 Å². The summed E-state index contributed by atoms with van der Waals surface area (Å²) >= 11 is 0. The molecule has 0 fully saturated rings. The fourth-order valence-corrected chi connectivity index (χ4v) is 6.55. The number of benzene rings is 7. The maximum absolute atomic E-state index is 10.0. The Morgan fingerprint density at radius 2 is 0.754 bits per heavy atom. The van der Waals surface area contributed by atoms with Gasteiger partial charge in [-0.05, 0) is 136 Å². The summed E-state index contributed by atoms with van der Waals surface area (Å²) in [6.07, 6.45) is 3.31. The van der Waals surface area contributed by atoms with E-state index in [2.05, 4.69) is 83.8 Å². The van der Waals surface area contributed by atoms with Crippen LogP contribution in [0.2, 0.25) is 0 Å². The first-order valence-corrected chi connectivity index (χ1v) is 19.1. The van der Waals surface area contributed by atoms with E-state index in [1.54, 1.807) is 24.3 Å². The third-order valence-corrected chi connectivity index (χ3v) is 9.59. The second-order valence-corrected chi connectivity index (χ2v) is 13.6. The summed E-state index contributed by atoms with van der Waals surface area (Å²) in [6.45, 7) is 1.11. The maximum atomic E-state index is 10.0. The molecule has 0 aliphatic rings. The summed E-state index contributed by atoms with van der Waals surface area (Å²) in [7, 11) is 0. The van der Waals surface area contributed by atoms with Crippen LogP contribution >= 0.6 is 0 Å². The van der Waals surface area contributed by atoms with Gasteiger partial charge in [0.2, 0.25) is 0 Å². The number of rotatable bonds is 16. The molecule has 0 amide bonds. The van der Waals surface area contributed by atoms with Crippen LogP contribution in [-0.2, 0) is 0 Å². The number of hydrogen-bond acceptors (Lipinski definition) is 7. The number of anilines is 3. The van der Waals surface area contributed by atoms with Gasteiger partial charge in [0.05, 0.1) is 13.2 Å². The molecule has 0 heterocycles. The molecule has 7 rings (SSSR count). The lowest BCUT2D eigenvalue weighted by molar-refractivity contribution is 0.233. The Balaban J connectivity index is 1.21. The van der Waals surface area contributed by atoms with Gasteiger partial charge in [0.25, 0.3) is 0 Å². The van der Waals surface area contributed by atoms with Crippen molar-refractivity contribution in [2.45, 2.75) is 12.8 Å². The Morgan fingerprint density at radius 3 is 1.18 bits per heavy atom. The zero-order chi connectivity index (χ0) is 39.4. The van der Waals surface area contributed by atoms with E-state index in [0.717, 1.165) is 73.1 Å². The molecule has 0 aromatic heterocycles. The van der Waals surface area contributed by atoms with Gasteiger partial charge in [0.1, 0.15) is 23.0 Å². The quantitative estimate of drug-likeness (QED) is 0.0575. The Kier molecular flexibility index (Phi) is 12.6. The first-order valence-electron chi connectivity index (χ1n) is 19.1. The molecule has 7 aromatic carbocycles. The molecule has 57 heavy (non-hydrogen) atoms. The highest BCUT2D eigenvalue weighted by Gasteiger charge is 2.14. The lowest BCUT2D eigenvalue weighted by Gasteiger charge is -2.26. The largest absolute Gasteiger partial charge is 0.508 e. The minimum absolute atomic E-state index is 0.0849. The lowest BCUT2D eigenvalue weighted by Crippen LogP contribution is -2.09. The van der Waals surface area contributed by atoms with E-state index in [1.807, 2.05) is 72.8 Å². The molecule has 0 bridgehead atoms. The molecule has 0 saturated heterocycles. The molecule has 7 nitrogen and oxygen atoms in total. The molecule has 0 aliphatic heterocycles. The van der Waals surface area contributed by atoms with Gasteiger partial charge >= 0.3 is 0 Å². The van der Waals surface area contributed by atoms with Gasteiger partial charge < -0.3 is 34.8 Å². The van der Waals surface area contributed by atoms with Crippen LogP contribution in [0, 0.1) is 0 Å². The van der Waals surface area contributed by atoms with Crippen molar-refractivity contribution in [3.05, 3.63) is 187 Å². The molecular weight excluding hydrogens is 711 g/mol. The molecule has 286 valence electrons.